The first-order chi connectivity index (χ1) is 4.41. The molecule has 0 spiro atoms. The Kier molecular flexibility index (Phi) is 7.44. The van der Waals surface area contributed by atoms with Gasteiger partial charge < -0.3 is 5.32 Å². The van der Waals surface area contributed by atoms with Crippen LogP contribution in [0.5, 0.6) is 0 Å². The second kappa shape index (κ2) is 7.70. The largest absolute Gasteiger partial charge is 0.313 e. The molecule has 0 fully saturated rings. The van der Waals surface area contributed by atoms with Crippen LogP contribution in [-0.4, -0.2) is 13.1 Å². The fourth-order valence-electron chi connectivity index (χ4n) is 0.704. The van der Waals surface area contributed by atoms with Gasteiger partial charge >= 0.3 is 0 Å². The van der Waals surface area contributed by atoms with Crippen molar-refractivity contribution in [3.05, 3.63) is 12.7 Å². The first-order valence-corrected chi connectivity index (χ1v) is 3.73. The van der Waals surface area contributed by atoms with Gasteiger partial charge in [-0.2, -0.15) is 0 Å². The summed E-state index contributed by atoms with van der Waals surface area (Å²) in [6.07, 6.45) is 5.83. The Morgan fingerprint density at radius 1 is 1.44 bits per heavy atom. The van der Waals surface area contributed by atoms with Gasteiger partial charge in [-0.25, -0.2) is 0 Å². The van der Waals surface area contributed by atoms with Crippen molar-refractivity contribution in [2.75, 3.05) is 13.1 Å². The minimum Gasteiger partial charge on any atom is -0.313 e. The van der Waals surface area contributed by atoms with E-state index in [0.717, 1.165) is 13.1 Å². The third kappa shape index (κ3) is 7.70. The van der Waals surface area contributed by atoms with Crippen molar-refractivity contribution in [1.82, 2.24) is 5.32 Å². The van der Waals surface area contributed by atoms with Crippen LogP contribution in [0.3, 0.4) is 0 Å². The highest BCUT2D eigenvalue weighted by atomic mass is 14.8. The summed E-state index contributed by atoms with van der Waals surface area (Å²) in [7, 11) is 0. The molecule has 1 heteroatoms. The van der Waals surface area contributed by atoms with Crippen LogP contribution >= 0.6 is 0 Å². The molecule has 0 saturated heterocycles. The average Bonchev–Trinajstić information content (AvgIpc) is 1.89. The van der Waals surface area contributed by atoms with Crippen LogP contribution in [0.2, 0.25) is 0 Å². The van der Waals surface area contributed by atoms with Crippen molar-refractivity contribution in [3.63, 3.8) is 0 Å². The molecule has 0 atom stereocenters. The van der Waals surface area contributed by atoms with E-state index in [4.69, 9.17) is 0 Å². The predicted molar refractivity (Wildman–Crippen MR) is 42.6 cm³/mol. The summed E-state index contributed by atoms with van der Waals surface area (Å²) in [5.41, 5.74) is 0. The molecule has 0 aromatic carbocycles. The third-order valence-corrected chi connectivity index (χ3v) is 1.25. The summed E-state index contributed by atoms with van der Waals surface area (Å²) >= 11 is 0. The van der Waals surface area contributed by atoms with Gasteiger partial charge in [0.2, 0.25) is 0 Å². The minimum absolute atomic E-state index is 0.948. The molecule has 9 heavy (non-hydrogen) atoms. The molecule has 0 aromatic rings. The van der Waals surface area contributed by atoms with Gasteiger partial charge in [0.15, 0.2) is 0 Å². The predicted octanol–water partition coefficient (Wildman–Crippen LogP) is 1.95. The second-order valence-electron chi connectivity index (χ2n) is 2.20. The van der Waals surface area contributed by atoms with Crippen molar-refractivity contribution in [2.45, 2.75) is 26.2 Å². The summed E-state index contributed by atoms with van der Waals surface area (Å²) in [6, 6.07) is 0. The molecule has 0 aliphatic heterocycles. The molecule has 0 unspecified atom stereocenters. The molecule has 0 amide bonds. The summed E-state index contributed by atoms with van der Waals surface area (Å²) in [5, 5.41) is 3.25. The zero-order chi connectivity index (χ0) is 6.95. The molecule has 1 nitrogen and oxygen atoms in total. The Hall–Kier alpha value is -0.300. The van der Waals surface area contributed by atoms with Crippen LogP contribution in [0, 0.1) is 0 Å². The summed E-state index contributed by atoms with van der Waals surface area (Å²) < 4.78 is 0. The van der Waals surface area contributed by atoms with Gasteiger partial charge in [0.1, 0.15) is 0 Å². The molecule has 0 saturated carbocycles. The normalized spacial score (nSPS) is 9.44. The summed E-state index contributed by atoms with van der Waals surface area (Å²) in [5.74, 6) is 0. The zero-order valence-corrected chi connectivity index (χ0v) is 6.32. The maximum atomic E-state index is 3.62. The lowest BCUT2D eigenvalue weighted by Gasteiger charge is -1.98. The lowest BCUT2D eigenvalue weighted by molar-refractivity contribution is 0.647. The van der Waals surface area contributed by atoms with Gasteiger partial charge in [-0.05, 0) is 13.0 Å². The summed E-state index contributed by atoms with van der Waals surface area (Å²) in [6.45, 7) is 7.92. The number of nitrogens with one attached hydrogen (secondary N) is 1. The molecule has 0 aromatic heterocycles. The number of hydrogen-bond donors (Lipinski definition) is 1. The van der Waals surface area contributed by atoms with E-state index in [2.05, 4.69) is 18.8 Å². The second-order valence-corrected chi connectivity index (χ2v) is 2.20. The van der Waals surface area contributed by atoms with E-state index in [0.29, 0.717) is 0 Å². The standard InChI is InChI=1S/C8H17N/c1-3-5-6-8-9-7-4-2/h4,9H,2-3,5-8H2,1H3. The topological polar surface area (TPSA) is 12.0 Å². The SMILES string of the molecule is C=CCNCCCCC. The van der Waals surface area contributed by atoms with Crippen LogP contribution < -0.4 is 5.32 Å². The fourth-order valence-corrected chi connectivity index (χ4v) is 0.704. The molecule has 0 aliphatic rings. The highest BCUT2D eigenvalue weighted by Gasteiger charge is 1.82. The number of rotatable bonds is 6. The van der Waals surface area contributed by atoms with Crippen LogP contribution in [-0.2, 0) is 0 Å². The van der Waals surface area contributed by atoms with E-state index in [-0.39, 0.29) is 0 Å². The van der Waals surface area contributed by atoms with Gasteiger partial charge in [0.25, 0.3) is 0 Å². The molecular weight excluding hydrogens is 110 g/mol. The Morgan fingerprint density at radius 2 is 2.22 bits per heavy atom. The first kappa shape index (κ1) is 8.70. The highest BCUT2D eigenvalue weighted by molar-refractivity contribution is 4.68. The maximum absolute atomic E-state index is 3.62. The maximum Gasteiger partial charge on any atom is 0.0132 e. The van der Waals surface area contributed by atoms with E-state index in [9.17, 15) is 0 Å². The lowest BCUT2D eigenvalue weighted by Crippen LogP contribution is -2.14. The summed E-state index contributed by atoms with van der Waals surface area (Å²) in [4.78, 5) is 0. The van der Waals surface area contributed by atoms with Crippen LogP contribution in [0.4, 0.5) is 0 Å². The van der Waals surface area contributed by atoms with Gasteiger partial charge in [-0.15, -0.1) is 6.58 Å². The van der Waals surface area contributed by atoms with Crippen molar-refractivity contribution >= 4 is 0 Å². The van der Waals surface area contributed by atoms with E-state index < -0.39 is 0 Å². The Balaban J connectivity index is 2.66. The molecule has 0 rings (SSSR count). The molecule has 0 aliphatic carbocycles. The van der Waals surface area contributed by atoms with Gasteiger partial charge in [0.05, 0.1) is 0 Å². The van der Waals surface area contributed by atoms with Crippen LogP contribution in [0.1, 0.15) is 26.2 Å². The molecular formula is C8H17N. The smallest absolute Gasteiger partial charge is 0.0132 e. The van der Waals surface area contributed by atoms with Crippen LogP contribution in [0.15, 0.2) is 12.7 Å². The van der Waals surface area contributed by atoms with E-state index in [1.54, 1.807) is 0 Å². The van der Waals surface area contributed by atoms with Gasteiger partial charge in [0, 0.05) is 6.54 Å². The van der Waals surface area contributed by atoms with Crippen LogP contribution in [0.25, 0.3) is 0 Å². The molecule has 0 radical (unpaired) electrons. The monoisotopic (exact) mass is 127 g/mol. The quantitative estimate of drug-likeness (QED) is 0.425. The van der Waals surface area contributed by atoms with E-state index in [1.807, 2.05) is 6.08 Å². The average molecular weight is 127 g/mol. The number of unbranched alkanes of at least 4 members (excludes halogenated alkanes) is 2. The van der Waals surface area contributed by atoms with E-state index in [1.165, 1.54) is 19.3 Å². The molecule has 0 heterocycles. The van der Waals surface area contributed by atoms with Gasteiger partial charge in [-0.3, -0.25) is 0 Å². The Labute approximate surface area is 58.2 Å². The molecule has 0 bridgehead atoms. The third-order valence-electron chi connectivity index (χ3n) is 1.25. The number of hydrogen-bond acceptors (Lipinski definition) is 1. The lowest BCUT2D eigenvalue weighted by atomic mass is 10.2. The van der Waals surface area contributed by atoms with Crippen molar-refractivity contribution < 1.29 is 0 Å². The Morgan fingerprint density at radius 3 is 2.78 bits per heavy atom. The van der Waals surface area contributed by atoms with Crippen molar-refractivity contribution in [1.29, 1.82) is 0 Å². The van der Waals surface area contributed by atoms with Gasteiger partial charge in [-0.1, -0.05) is 25.8 Å². The highest BCUT2D eigenvalue weighted by Crippen LogP contribution is 1.90. The van der Waals surface area contributed by atoms with E-state index >= 15 is 0 Å². The van der Waals surface area contributed by atoms with Crippen molar-refractivity contribution in [3.8, 4) is 0 Å². The van der Waals surface area contributed by atoms with Crippen molar-refractivity contribution in [2.24, 2.45) is 0 Å². The first-order valence-electron chi connectivity index (χ1n) is 3.73. The Bertz CT molecular complexity index is 59.6. The fraction of sp³-hybridized carbons (Fsp3) is 0.750. The molecule has 54 valence electrons. The zero-order valence-electron chi connectivity index (χ0n) is 6.32. The minimum atomic E-state index is 0.948. The molecule has 1 N–H and O–H groups in total.